The van der Waals surface area contributed by atoms with Gasteiger partial charge in [-0.15, -0.1) is 0 Å². The maximum absolute atomic E-state index is 13.5. The first-order chi connectivity index (χ1) is 8.59. The minimum atomic E-state index is -0.704. The topological polar surface area (TPSA) is 61.4 Å². The molecule has 0 radical (unpaired) electrons. The van der Waals surface area contributed by atoms with Crippen LogP contribution in [0.4, 0.5) is 4.39 Å². The number of hydrogen-bond acceptors (Lipinski definition) is 3. The summed E-state index contributed by atoms with van der Waals surface area (Å²) >= 11 is 0. The molecule has 1 amide bonds. The second kappa shape index (κ2) is 5.35. The summed E-state index contributed by atoms with van der Waals surface area (Å²) in [5.41, 5.74) is -0.282. The fourth-order valence-electron chi connectivity index (χ4n) is 2.24. The van der Waals surface area contributed by atoms with Crippen LogP contribution in [0.15, 0.2) is 18.2 Å². The number of benzene rings is 1. The lowest BCUT2D eigenvalue weighted by Gasteiger charge is -2.20. The molecule has 0 spiro atoms. The first-order valence-corrected chi connectivity index (χ1v) is 6.08. The van der Waals surface area contributed by atoms with Crippen LogP contribution in [-0.4, -0.2) is 30.1 Å². The SMILES string of the molecule is CC(NC(=O)c1c(O)cccc1F)C1CCNC1. The van der Waals surface area contributed by atoms with E-state index in [1.54, 1.807) is 0 Å². The third-order valence-corrected chi connectivity index (χ3v) is 3.38. The molecule has 2 unspecified atom stereocenters. The molecule has 5 heteroatoms. The molecule has 1 heterocycles. The zero-order chi connectivity index (χ0) is 13.1. The van der Waals surface area contributed by atoms with Gasteiger partial charge in [-0.1, -0.05) is 6.07 Å². The largest absolute Gasteiger partial charge is 0.507 e. The number of phenolic OH excluding ortho intramolecular Hbond substituents is 1. The molecule has 1 aliphatic heterocycles. The number of amides is 1. The first-order valence-electron chi connectivity index (χ1n) is 6.08. The van der Waals surface area contributed by atoms with E-state index in [9.17, 15) is 14.3 Å². The summed E-state index contributed by atoms with van der Waals surface area (Å²) in [5, 5.41) is 15.5. The number of carbonyl (C=O) groups is 1. The number of hydrogen-bond donors (Lipinski definition) is 3. The van der Waals surface area contributed by atoms with Crippen molar-refractivity contribution in [2.75, 3.05) is 13.1 Å². The minimum Gasteiger partial charge on any atom is -0.507 e. The Balaban J connectivity index is 2.07. The van der Waals surface area contributed by atoms with Crippen molar-refractivity contribution in [2.24, 2.45) is 5.92 Å². The average molecular weight is 252 g/mol. The molecule has 1 aromatic carbocycles. The van der Waals surface area contributed by atoms with E-state index in [0.29, 0.717) is 5.92 Å². The van der Waals surface area contributed by atoms with Gasteiger partial charge >= 0.3 is 0 Å². The normalized spacial score (nSPS) is 20.7. The van der Waals surface area contributed by atoms with Gasteiger partial charge in [0.05, 0.1) is 0 Å². The van der Waals surface area contributed by atoms with E-state index in [1.807, 2.05) is 6.92 Å². The van der Waals surface area contributed by atoms with Crippen LogP contribution in [-0.2, 0) is 0 Å². The van der Waals surface area contributed by atoms with Crippen LogP contribution in [0.1, 0.15) is 23.7 Å². The van der Waals surface area contributed by atoms with E-state index in [2.05, 4.69) is 10.6 Å². The molecule has 0 bridgehead atoms. The number of halogens is 1. The molecule has 18 heavy (non-hydrogen) atoms. The third kappa shape index (κ3) is 2.61. The van der Waals surface area contributed by atoms with Crippen LogP contribution in [0.2, 0.25) is 0 Å². The summed E-state index contributed by atoms with van der Waals surface area (Å²) < 4.78 is 13.5. The van der Waals surface area contributed by atoms with Crippen molar-refractivity contribution in [3.05, 3.63) is 29.6 Å². The predicted octanol–water partition coefficient (Wildman–Crippen LogP) is 1.26. The van der Waals surface area contributed by atoms with Crippen molar-refractivity contribution < 1.29 is 14.3 Å². The molecule has 2 atom stereocenters. The Bertz CT molecular complexity index is 424. The zero-order valence-electron chi connectivity index (χ0n) is 10.2. The van der Waals surface area contributed by atoms with E-state index in [4.69, 9.17) is 0 Å². The lowest BCUT2D eigenvalue weighted by molar-refractivity contribution is 0.0922. The van der Waals surface area contributed by atoms with Crippen LogP contribution in [0, 0.1) is 11.7 Å². The number of phenols is 1. The Morgan fingerprint density at radius 3 is 3.00 bits per heavy atom. The van der Waals surface area contributed by atoms with Gasteiger partial charge < -0.3 is 15.7 Å². The minimum absolute atomic E-state index is 0.0495. The molecule has 2 rings (SSSR count). The molecule has 0 saturated carbocycles. The third-order valence-electron chi connectivity index (χ3n) is 3.38. The fraction of sp³-hybridized carbons (Fsp3) is 0.462. The molecule has 0 aromatic heterocycles. The summed E-state index contributed by atoms with van der Waals surface area (Å²) in [6.45, 7) is 3.69. The number of aromatic hydroxyl groups is 1. The molecule has 0 aliphatic carbocycles. The molecule has 4 nitrogen and oxygen atoms in total. The summed E-state index contributed by atoms with van der Waals surface area (Å²) in [5.74, 6) is -1.25. The highest BCUT2D eigenvalue weighted by Crippen LogP contribution is 2.20. The van der Waals surface area contributed by atoms with E-state index >= 15 is 0 Å². The molecule has 1 saturated heterocycles. The van der Waals surface area contributed by atoms with Crippen molar-refractivity contribution >= 4 is 5.91 Å². The summed E-state index contributed by atoms with van der Waals surface area (Å²) in [6.07, 6.45) is 0.991. The molecular weight excluding hydrogens is 235 g/mol. The highest BCUT2D eigenvalue weighted by atomic mass is 19.1. The average Bonchev–Trinajstić information content (AvgIpc) is 2.81. The van der Waals surface area contributed by atoms with Crippen molar-refractivity contribution in [1.29, 1.82) is 0 Å². The highest BCUT2D eigenvalue weighted by Gasteiger charge is 2.25. The highest BCUT2D eigenvalue weighted by molar-refractivity contribution is 5.97. The lowest BCUT2D eigenvalue weighted by Crippen LogP contribution is -2.39. The Labute approximate surface area is 105 Å². The maximum Gasteiger partial charge on any atom is 0.258 e. The number of rotatable bonds is 3. The first kappa shape index (κ1) is 12.8. The standard InChI is InChI=1S/C13H17FN2O2/c1-8(9-5-6-15-7-9)16-13(18)12-10(14)3-2-4-11(12)17/h2-4,8-9,15,17H,5-7H2,1H3,(H,16,18). The van der Waals surface area contributed by atoms with Gasteiger partial charge in [0.2, 0.25) is 0 Å². The van der Waals surface area contributed by atoms with Crippen LogP contribution >= 0.6 is 0 Å². The van der Waals surface area contributed by atoms with E-state index in [1.165, 1.54) is 12.1 Å². The van der Waals surface area contributed by atoms with E-state index in [-0.39, 0.29) is 17.4 Å². The molecular formula is C13H17FN2O2. The lowest BCUT2D eigenvalue weighted by atomic mass is 10.00. The number of nitrogens with one attached hydrogen (secondary N) is 2. The molecule has 1 aromatic rings. The second-order valence-corrected chi connectivity index (χ2v) is 4.65. The maximum atomic E-state index is 13.5. The summed E-state index contributed by atoms with van der Waals surface area (Å²) in [4.78, 5) is 11.9. The van der Waals surface area contributed by atoms with Crippen LogP contribution < -0.4 is 10.6 Å². The Hall–Kier alpha value is -1.62. The van der Waals surface area contributed by atoms with Gasteiger partial charge in [0, 0.05) is 6.04 Å². The van der Waals surface area contributed by atoms with Crippen LogP contribution in [0.3, 0.4) is 0 Å². The van der Waals surface area contributed by atoms with Gasteiger partial charge in [-0.3, -0.25) is 4.79 Å². The molecule has 98 valence electrons. The Morgan fingerprint density at radius 1 is 1.61 bits per heavy atom. The fourth-order valence-corrected chi connectivity index (χ4v) is 2.24. The van der Waals surface area contributed by atoms with Crippen molar-refractivity contribution in [1.82, 2.24) is 10.6 Å². The van der Waals surface area contributed by atoms with Gasteiger partial charge in [-0.05, 0) is 44.5 Å². The Morgan fingerprint density at radius 2 is 2.39 bits per heavy atom. The van der Waals surface area contributed by atoms with Crippen LogP contribution in [0.25, 0.3) is 0 Å². The van der Waals surface area contributed by atoms with Crippen molar-refractivity contribution in [2.45, 2.75) is 19.4 Å². The van der Waals surface area contributed by atoms with Crippen molar-refractivity contribution in [3.8, 4) is 5.75 Å². The van der Waals surface area contributed by atoms with Gasteiger partial charge in [-0.2, -0.15) is 0 Å². The van der Waals surface area contributed by atoms with Gasteiger partial charge in [0.25, 0.3) is 5.91 Å². The molecule has 1 aliphatic rings. The molecule has 3 N–H and O–H groups in total. The smallest absolute Gasteiger partial charge is 0.258 e. The Kier molecular flexibility index (Phi) is 3.81. The predicted molar refractivity (Wildman–Crippen MR) is 66.0 cm³/mol. The summed E-state index contributed by atoms with van der Waals surface area (Å²) in [7, 11) is 0. The van der Waals surface area contributed by atoms with Gasteiger partial charge in [0.1, 0.15) is 17.1 Å². The monoisotopic (exact) mass is 252 g/mol. The van der Waals surface area contributed by atoms with Gasteiger partial charge in [-0.25, -0.2) is 4.39 Å². The van der Waals surface area contributed by atoms with E-state index in [0.717, 1.165) is 25.6 Å². The molecule has 1 fully saturated rings. The van der Waals surface area contributed by atoms with E-state index < -0.39 is 11.7 Å². The van der Waals surface area contributed by atoms with Gasteiger partial charge in [0.15, 0.2) is 0 Å². The second-order valence-electron chi connectivity index (χ2n) is 4.65. The zero-order valence-corrected chi connectivity index (χ0v) is 10.2. The van der Waals surface area contributed by atoms with Crippen LogP contribution in [0.5, 0.6) is 5.75 Å². The van der Waals surface area contributed by atoms with Crippen molar-refractivity contribution in [3.63, 3.8) is 0 Å². The number of carbonyl (C=O) groups excluding carboxylic acids is 1. The quantitative estimate of drug-likeness (QED) is 0.759. The summed E-state index contributed by atoms with van der Waals surface area (Å²) in [6, 6.07) is 3.79.